The van der Waals surface area contributed by atoms with Crippen LogP contribution in [0.15, 0.2) is 17.1 Å². The Morgan fingerprint density at radius 2 is 2.09 bits per heavy atom. The zero-order valence-corrected chi connectivity index (χ0v) is 13.1. The number of H-pyrrole nitrogens is 1. The number of rotatable bonds is 6. The number of nitriles is 1. The van der Waals surface area contributed by atoms with E-state index in [1.165, 1.54) is 12.3 Å². The molecule has 0 unspecified atom stereocenters. The molecule has 0 aliphatic heterocycles. The molecule has 1 heterocycles. The number of aromatic amines is 1. The molecule has 1 aromatic heterocycles. The molecule has 0 atom stereocenters. The van der Waals surface area contributed by atoms with Gasteiger partial charge in [-0.3, -0.25) is 9.78 Å². The summed E-state index contributed by atoms with van der Waals surface area (Å²) < 4.78 is 10.3. The van der Waals surface area contributed by atoms with Crippen molar-refractivity contribution in [3.63, 3.8) is 0 Å². The molecule has 1 rings (SSSR count). The molecule has 7 nitrogen and oxygen atoms in total. The zero-order chi connectivity index (χ0) is 16.7. The van der Waals surface area contributed by atoms with Gasteiger partial charge in [-0.2, -0.15) is 5.26 Å². The highest BCUT2D eigenvalue weighted by Gasteiger charge is 2.21. The SMILES string of the molecule is CCOC(=O)/C(=C/N(C)C)c1cc(OCC)[nH]c(=O)c1C#N. The molecule has 1 aromatic rings. The Bertz CT molecular complexity index is 668. The number of hydrogen-bond donors (Lipinski definition) is 1. The summed E-state index contributed by atoms with van der Waals surface area (Å²) in [5.41, 5.74) is -0.473. The van der Waals surface area contributed by atoms with Gasteiger partial charge in [0.2, 0.25) is 0 Å². The summed E-state index contributed by atoms with van der Waals surface area (Å²) in [4.78, 5) is 28.2. The molecule has 0 spiro atoms. The van der Waals surface area contributed by atoms with E-state index in [-0.39, 0.29) is 29.2 Å². The molecule has 1 N–H and O–H groups in total. The van der Waals surface area contributed by atoms with E-state index in [4.69, 9.17) is 9.47 Å². The van der Waals surface area contributed by atoms with Gasteiger partial charge >= 0.3 is 5.97 Å². The number of pyridine rings is 1. The molecule has 0 aliphatic rings. The third-order valence-electron chi connectivity index (χ3n) is 2.59. The quantitative estimate of drug-likeness (QED) is 0.625. The van der Waals surface area contributed by atoms with Gasteiger partial charge in [0, 0.05) is 31.9 Å². The molecule has 0 saturated heterocycles. The minimum atomic E-state index is -0.614. The first-order valence-electron chi connectivity index (χ1n) is 6.80. The largest absolute Gasteiger partial charge is 0.479 e. The number of nitrogens with one attached hydrogen (secondary N) is 1. The van der Waals surface area contributed by atoms with Crippen LogP contribution in [0.3, 0.4) is 0 Å². The summed E-state index contributed by atoms with van der Waals surface area (Å²) in [6.07, 6.45) is 1.50. The van der Waals surface area contributed by atoms with Gasteiger partial charge in [0.25, 0.3) is 5.56 Å². The van der Waals surface area contributed by atoms with E-state index in [0.29, 0.717) is 6.61 Å². The predicted octanol–water partition coefficient (Wildman–Crippen LogP) is 1.11. The molecule has 0 radical (unpaired) electrons. The lowest BCUT2D eigenvalue weighted by atomic mass is 10.0. The van der Waals surface area contributed by atoms with Crippen molar-refractivity contribution >= 4 is 11.5 Å². The van der Waals surface area contributed by atoms with E-state index in [1.54, 1.807) is 32.8 Å². The lowest BCUT2D eigenvalue weighted by Crippen LogP contribution is -2.19. The van der Waals surface area contributed by atoms with E-state index < -0.39 is 11.5 Å². The van der Waals surface area contributed by atoms with Crippen LogP contribution in [0.2, 0.25) is 0 Å². The van der Waals surface area contributed by atoms with E-state index in [2.05, 4.69) is 4.98 Å². The molecular weight excluding hydrogens is 286 g/mol. The molecule has 118 valence electrons. The van der Waals surface area contributed by atoms with Gasteiger partial charge in [0.15, 0.2) is 5.88 Å². The number of hydrogen-bond acceptors (Lipinski definition) is 6. The second kappa shape index (κ2) is 7.88. The van der Waals surface area contributed by atoms with E-state index >= 15 is 0 Å². The summed E-state index contributed by atoms with van der Waals surface area (Å²) in [7, 11) is 3.45. The van der Waals surface area contributed by atoms with Crippen molar-refractivity contribution in [3.05, 3.63) is 33.7 Å². The monoisotopic (exact) mass is 305 g/mol. The molecule has 0 amide bonds. The third kappa shape index (κ3) is 4.12. The normalized spacial score (nSPS) is 10.8. The first-order valence-corrected chi connectivity index (χ1v) is 6.80. The summed E-state index contributed by atoms with van der Waals surface area (Å²) in [5.74, 6) is -0.420. The molecule has 0 aromatic carbocycles. The highest BCUT2D eigenvalue weighted by molar-refractivity contribution is 6.17. The Morgan fingerprint density at radius 3 is 2.59 bits per heavy atom. The molecule has 7 heteroatoms. The number of ether oxygens (including phenoxy) is 2. The smallest absolute Gasteiger partial charge is 0.340 e. The van der Waals surface area contributed by atoms with Crippen LogP contribution in [0.1, 0.15) is 25.0 Å². The van der Waals surface area contributed by atoms with Crippen LogP contribution < -0.4 is 10.3 Å². The fraction of sp³-hybridized carbons (Fsp3) is 0.400. The second-order valence-corrected chi connectivity index (χ2v) is 4.52. The maximum Gasteiger partial charge on any atom is 0.340 e. The Hall–Kier alpha value is -2.75. The van der Waals surface area contributed by atoms with Crippen molar-refractivity contribution in [2.45, 2.75) is 13.8 Å². The van der Waals surface area contributed by atoms with Crippen LogP contribution in [-0.2, 0) is 9.53 Å². The summed E-state index contributed by atoms with van der Waals surface area (Å²) in [5, 5.41) is 9.21. The molecule has 0 saturated carbocycles. The van der Waals surface area contributed by atoms with Gasteiger partial charge in [-0.15, -0.1) is 0 Å². The third-order valence-corrected chi connectivity index (χ3v) is 2.59. The van der Waals surface area contributed by atoms with Gasteiger partial charge in [-0.25, -0.2) is 4.79 Å². The van der Waals surface area contributed by atoms with E-state index in [1.807, 2.05) is 6.07 Å². The highest BCUT2D eigenvalue weighted by Crippen LogP contribution is 2.22. The standard InChI is InChI=1S/C15H19N3O4/c1-5-21-13-7-10(11(8-16)14(19)17-13)12(9-18(3)4)15(20)22-6-2/h7,9H,5-6H2,1-4H3,(H,17,19)/b12-9+. The molecule has 0 bridgehead atoms. The number of carbonyl (C=O) groups excluding carboxylic acids is 1. The first kappa shape index (κ1) is 17.3. The number of carbonyl (C=O) groups is 1. The van der Waals surface area contributed by atoms with E-state index in [9.17, 15) is 14.9 Å². The average Bonchev–Trinajstić information content (AvgIpc) is 2.44. The van der Waals surface area contributed by atoms with Crippen molar-refractivity contribution in [2.75, 3.05) is 27.3 Å². The van der Waals surface area contributed by atoms with Crippen LogP contribution in [0, 0.1) is 11.3 Å². The van der Waals surface area contributed by atoms with Crippen LogP contribution in [0.4, 0.5) is 0 Å². The van der Waals surface area contributed by atoms with Crippen molar-refractivity contribution in [3.8, 4) is 11.9 Å². The lowest BCUT2D eigenvalue weighted by Gasteiger charge is -2.13. The Morgan fingerprint density at radius 1 is 1.41 bits per heavy atom. The fourth-order valence-electron chi connectivity index (χ4n) is 1.79. The average molecular weight is 305 g/mol. The van der Waals surface area contributed by atoms with Crippen LogP contribution in [0.5, 0.6) is 5.88 Å². The van der Waals surface area contributed by atoms with Crippen molar-refractivity contribution < 1.29 is 14.3 Å². The van der Waals surface area contributed by atoms with Crippen LogP contribution >= 0.6 is 0 Å². The van der Waals surface area contributed by atoms with Crippen LogP contribution in [-0.4, -0.2) is 43.2 Å². The Kier molecular flexibility index (Phi) is 6.20. The van der Waals surface area contributed by atoms with E-state index in [0.717, 1.165) is 0 Å². The molecular formula is C15H19N3O4. The number of aromatic nitrogens is 1. The zero-order valence-electron chi connectivity index (χ0n) is 13.1. The van der Waals surface area contributed by atoms with Gasteiger partial charge in [-0.1, -0.05) is 0 Å². The molecule has 0 aliphatic carbocycles. The maximum absolute atomic E-state index is 12.1. The topological polar surface area (TPSA) is 95.4 Å². The minimum absolute atomic E-state index is 0.121. The summed E-state index contributed by atoms with van der Waals surface area (Å²) >= 11 is 0. The lowest BCUT2D eigenvalue weighted by molar-refractivity contribution is -0.136. The summed E-state index contributed by atoms with van der Waals surface area (Å²) in [6.45, 7) is 3.97. The highest BCUT2D eigenvalue weighted by atomic mass is 16.5. The number of nitrogens with zero attached hydrogens (tertiary/aromatic N) is 2. The Balaban J connectivity index is 3.56. The second-order valence-electron chi connectivity index (χ2n) is 4.52. The molecule has 22 heavy (non-hydrogen) atoms. The maximum atomic E-state index is 12.1. The van der Waals surface area contributed by atoms with Gasteiger partial charge in [0.1, 0.15) is 11.6 Å². The van der Waals surface area contributed by atoms with Gasteiger partial charge in [-0.05, 0) is 13.8 Å². The predicted molar refractivity (Wildman–Crippen MR) is 81.2 cm³/mol. The van der Waals surface area contributed by atoms with Gasteiger partial charge < -0.3 is 14.4 Å². The van der Waals surface area contributed by atoms with Gasteiger partial charge in [0.05, 0.1) is 18.8 Å². The van der Waals surface area contributed by atoms with Crippen molar-refractivity contribution in [1.29, 1.82) is 5.26 Å². The first-order chi connectivity index (χ1) is 10.4. The number of esters is 1. The summed E-state index contributed by atoms with van der Waals surface area (Å²) in [6, 6.07) is 3.27. The van der Waals surface area contributed by atoms with Crippen LogP contribution in [0.25, 0.3) is 5.57 Å². The minimum Gasteiger partial charge on any atom is -0.479 e. The van der Waals surface area contributed by atoms with Crippen molar-refractivity contribution in [1.82, 2.24) is 9.88 Å². The fourth-order valence-corrected chi connectivity index (χ4v) is 1.79. The van der Waals surface area contributed by atoms with Crippen molar-refractivity contribution in [2.24, 2.45) is 0 Å². The Labute approximate surface area is 128 Å². The molecule has 0 fully saturated rings.